The normalized spacial score (nSPS) is 20.4. The van der Waals surface area contributed by atoms with Crippen molar-refractivity contribution in [1.29, 1.82) is 0 Å². The second kappa shape index (κ2) is 6.21. The lowest BCUT2D eigenvalue weighted by atomic mass is 9.88. The summed E-state index contributed by atoms with van der Waals surface area (Å²) in [5.41, 5.74) is 7.37. The minimum Gasteiger partial charge on any atom is -0.495 e. The number of amides is 1. The molecule has 0 aliphatic carbocycles. The summed E-state index contributed by atoms with van der Waals surface area (Å²) in [5.74, 6) is 0.344. The van der Waals surface area contributed by atoms with Gasteiger partial charge in [0.15, 0.2) is 0 Å². The van der Waals surface area contributed by atoms with Gasteiger partial charge in [-0.3, -0.25) is 4.79 Å². The lowest BCUT2D eigenvalue weighted by molar-refractivity contribution is -0.126. The van der Waals surface area contributed by atoms with Crippen LogP contribution >= 0.6 is 34.8 Å². The Morgan fingerprint density at radius 2 is 1.83 bits per heavy atom. The first-order valence-corrected chi connectivity index (χ1v) is 7.94. The number of carbonyl (C=O) groups excluding carboxylic acids is 1. The van der Waals surface area contributed by atoms with E-state index in [1.165, 1.54) is 7.11 Å². The third kappa shape index (κ3) is 2.76. The predicted octanol–water partition coefficient (Wildman–Crippen LogP) is 4.07. The Balaban J connectivity index is 2.00. The monoisotopic (exact) mass is 370 g/mol. The van der Waals surface area contributed by atoms with Crippen LogP contribution in [0.2, 0.25) is 15.1 Å². The Hall–Kier alpha value is -1.46. The van der Waals surface area contributed by atoms with E-state index in [-0.39, 0.29) is 11.9 Å². The molecule has 1 saturated heterocycles. The van der Waals surface area contributed by atoms with Gasteiger partial charge in [0, 0.05) is 15.7 Å². The quantitative estimate of drug-likeness (QED) is 0.827. The highest BCUT2D eigenvalue weighted by Gasteiger charge is 2.47. The number of β-lactam (4-membered cyclic amide) rings is 1. The van der Waals surface area contributed by atoms with E-state index in [2.05, 4.69) is 0 Å². The minimum atomic E-state index is -0.658. The zero-order valence-electron chi connectivity index (χ0n) is 12.1. The van der Waals surface area contributed by atoms with E-state index in [0.29, 0.717) is 26.5 Å². The number of hydrogen-bond donors (Lipinski definition) is 1. The van der Waals surface area contributed by atoms with Crippen molar-refractivity contribution in [2.45, 2.75) is 12.1 Å². The number of benzene rings is 2. The number of carbonyl (C=O) groups is 1. The molecule has 1 aliphatic rings. The van der Waals surface area contributed by atoms with Gasteiger partial charge >= 0.3 is 0 Å². The molecule has 0 bridgehead atoms. The summed E-state index contributed by atoms with van der Waals surface area (Å²) in [5, 5.41) is 1.41. The molecule has 2 atom stereocenters. The molecule has 4 nitrogen and oxygen atoms in total. The Morgan fingerprint density at radius 1 is 1.09 bits per heavy atom. The number of anilines is 1. The van der Waals surface area contributed by atoms with Crippen molar-refractivity contribution >= 4 is 46.4 Å². The second-order valence-corrected chi connectivity index (χ2v) is 6.41. The Bertz CT molecular complexity index is 782. The minimum absolute atomic E-state index is 0.192. The van der Waals surface area contributed by atoms with Crippen LogP contribution in [0.25, 0.3) is 0 Å². The van der Waals surface area contributed by atoms with Crippen LogP contribution in [0.1, 0.15) is 11.6 Å². The molecule has 2 N–H and O–H groups in total. The molecular weight excluding hydrogens is 359 g/mol. The molecule has 1 aliphatic heterocycles. The number of methoxy groups -OCH3 is 1. The SMILES string of the molecule is COc1ccc(N2C(=O)[C@H](N)[C@@H]2c2ccc(Cl)cc2Cl)cc1Cl. The number of nitrogens with two attached hydrogens (primary N) is 1. The molecule has 0 radical (unpaired) electrons. The predicted molar refractivity (Wildman–Crippen MR) is 92.7 cm³/mol. The zero-order chi connectivity index (χ0) is 16.7. The lowest BCUT2D eigenvalue weighted by Crippen LogP contribution is -2.63. The van der Waals surface area contributed by atoms with Crippen LogP contribution in [0.4, 0.5) is 5.69 Å². The molecule has 0 saturated carbocycles. The Labute approximate surface area is 148 Å². The first-order valence-electron chi connectivity index (χ1n) is 6.81. The van der Waals surface area contributed by atoms with Crippen molar-refractivity contribution in [3.05, 3.63) is 57.0 Å². The maximum atomic E-state index is 12.2. The number of ether oxygens (including phenoxy) is 1. The van der Waals surface area contributed by atoms with Crippen LogP contribution in [0.15, 0.2) is 36.4 Å². The third-order valence-electron chi connectivity index (χ3n) is 3.84. The van der Waals surface area contributed by atoms with Crippen LogP contribution in [0.3, 0.4) is 0 Å². The molecule has 120 valence electrons. The molecule has 23 heavy (non-hydrogen) atoms. The van der Waals surface area contributed by atoms with E-state index < -0.39 is 6.04 Å². The van der Waals surface area contributed by atoms with Gasteiger partial charge in [-0.15, -0.1) is 0 Å². The van der Waals surface area contributed by atoms with E-state index in [1.54, 1.807) is 41.3 Å². The van der Waals surface area contributed by atoms with Crippen molar-refractivity contribution in [1.82, 2.24) is 0 Å². The molecule has 1 fully saturated rings. The fourth-order valence-electron chi connectivity index (χ4n) is 2.68. The topological polar surface area (TPSA) is 55.6 Å². The Kier molecular flexibility index (Phi) is 4.43. The fourth-order valence-corrected chi connectivity index (χ4v) is 3.45. The molecule has 0 unspecified atom stereocenters. The second-order valence-electron chi connectivity index (χ2n) is 5.16. The van der Waals surface area contributed by atoms with Gasteiger partial charge in [-0.2, -0.15) is 0 Å². The van der Waals surface area contributed by atoms with Crippen LogP contribution in [-0.2, 0) is 4.79 Å². The molecule has 1 amide bonds. The van der Waals surface area contributed by atoms with Gasteiger partial charge in [0.25, 0.3) is 0 Å². The lowest BCUT2D eigenvalue weighted by Gasteiger charge is -2.46. The van der Waals surface area contributed by atoms with E-state index >= 15 is 0 Å². The molecule has 0 aromatic heterocycles. The summed E-state index contributed by atoms with van der Waals surface area (Å²) >= 11 is 18.3. The molecule has 2 aromatic rings. The fraction of sp³-hybridized carbons (Fsp3) is 0.188. The average molecular weight is 372 g/mol. The van der Waals surface area contributed by atoms with Crippen molar-refractivity contribution in [3.8, 4) is 5.75 Å². The van der Waals surface area contributed by atoms with Crippen LogP contribution < -0.4 is 15.4 Å². The zero-order valence-corrected chi connectivity index (χ0v) is 14.4. The standard InChI is InChI=1S/C16H13Cl3N2O2/c1-23-13-5-3-9(7-12(13)19)21-15(14(20)16(21)22)10-4-2-8(17)6-11(10)18/h2-7,14-15H,20H2,1H3/t14-,15+/m1/s1. The van der Waals surface area contributed by atoms with Crippen molar-refractivity contribution in [2.75, 3.05) is 12.0 Å². The molecular formula is C16H13Cl3N2O2. The van der Waals surface area contributed by atoms with Gasteiger partial charge in [0.1, 0.15) is 11.8 Å². The number of rotatable bonds is 3. The van der Waals surface area contributed by atoms with Gasteiger partial charge < -0.3 is 15.4 Å². The summed E-state index contributed by atoms with van der Waals surface area (Å²) in [7, 11) is 1.53. The largest absolute Gasteiger partial charge is 0.495 e. The van der Waals surface area contributed by atoms with Gasteiger partial charge in [-0.1, -0.05) is 40.9 Å². The Morgan fingerprint density at radius 3 is 2.43 bits per heavy atom. The highest BCUT2D eigenvalue weighted by molar-refractivity contribution is 6.35. The van der Waals surface area contributed by atoms with Gasteiger partial charge in [-0.25, -0.2) is 0 Å². The average Bonchev–Trinajstić information content (AvgIpc) is 2.52. The van der Waals surface area contributed by atoms with Crippen molar-refractivity contribution < 1.29 is 9.53 Å². The van der Waals surface area contributed by atoms with Crippen LogP contribution in [-0.4, -0.2) is 19.1 Å². The van der Waals surface area contributed by atoms with E-state index in [0.717, 1.165) is 5.56 Å². The van der Waals surface area contributed by atoms with E-state index in [1.807, 2.05) is 0 Å². The molecule has 2 aromatic carbocycles. The summed E-state index contributed by atoms with van der Waals surface area (Å²) in [6, 6.07) is 9.23. The van der Waals surface area contributed by atoms with Gasteiger partial charge in [0.05, 0.1) is 18.2 Å². The van der Waals surface area contributed by atoms with Crippen LogP contribution in [0, 0.1) is 0 Å². The third-order valence-corrected chi connectivity index (χ3v) is 4.69. The molecule has 3 rings (SSSR count). The number of nitrogens with zero attached hydrogens (tertiary/aromatic N) is 1. The molecule has 7 heteroatoms. The maximum absolute atomic E-state index is 12.2. The van der Waals surface area contributed by atoms with Crippen molar-refractivity contribution in [2.24, 2.45) is 5.73 Å². The number of halogens is 3. The molecule has 1 heterocycles. The summed E-state index contributed by atoms with van der Waals surface area (Å²) in [6.07, 6.45) is 0. The summed E-state index contributed by atoms with van der Waals surface area (Å²) < 4.78 is 5.13. The summed E-state index contributed by atoms with van der Waals surface area (Å²) in [6.45, 7) is 0. The van der Waals surface area contributed by atoms with E-state index in [9.17, 15) is 4.79 Å². The first kappa shape index (κ1) is 16.4. The summed E-state index contributed by atoms with van der Waals surface area (Å²) in [4.78, 5) is 13.8. The van der Waals surface area contributed by atoms with E-state index in [4.69, 9.17) is 45.3 Å². The maximum Gasteiger partial charge on any atom is 0.247 e. The first-order chi connectivity index (χ1) is 10.9. The van der Waals surface area contributed by atoms with Crippen LogP contribution in [0.5, 0.6) is 5.75 Å². The van der Waals surface area contributed by atoms with Gasteiger partial charge in [-0.05, 0) is 35.9 Å². The highest BCUT2D eigenvalue weighted by atomic mass is 35.5. The molecule has 0 spiro atoms. The van der Waals surface area contributed by atoms with Crippen molar-refractivity contribution in [3.63, 3.8) is 0 Å². The number of hydrogen-bond acceptors (Lipinski definition) is 3. The highest BCUT2D eigenvalue weighted by Crippen LogP contribution is 2.42. The van der Waals surface area contributed by atoms with Gasteiger partial charge in [0.2, 0.25) is 5.91 Å². The smallest absolute Gasteiger partial charge is 0.247 e.